The number of nitrogens with zero attached hydrogens (tertiary/aromatic N) is 1. The van der Waals surface area contributed by atoms with Crippen LogP contribution in [0.3, 0.4) is 0 Å². The number of hydrogen-bond donors (Lipinski definition) is 4. The van der Waals surface area contributed by atoms with Gasteiger partial charge in [0.05, 0.1) is 5.75 Å². The average Bonchev–Trinajstić information content (AvgIpc) is 2.25. The maximum atomic E-state index is 11.3. The van der Waals surface area contributed by atoms with Gasteiger partial charge >= 0.3 is 6.03 Å². The lowest BCUT2D eigenvalue weighted by Crippen LogP contribution is -2.40. The lowest BCUT2D eigenvalue weighted by Gasteiger charge is -2.04. The number of H-pyrrole nitrogens is 1. The number of nitrogens with one attached hydrogen (secondary N) is 3. The molecule has 9 heteroatoms. The molecule has 0 radical (unpaired) electrons. The van der Waals surface area contributed by atoms with Gasteiger partial charge in [-0.1, -0.05) is 11.8 Å². The maximum absolute atomic E-state index is 11.3. The second-order valence-corrected chi connectivity index (χ2v) is 4.14. The summed E-state index contributed by atoms with van der Waals surface area (Å²) < 4.78 is 0. The van der Waals surface area contributed by atoms with Gasteiger partial charge in [0.1, 0.15) is 5.82 Å². The summed E-state index contributed by atoms with van der Waals surface area (Å²) in [6.07, 6.45) is 0. The van der Waals surface area contributed by atoms with Gasteiger partial charge in [0.15, 0.2) is 5.16 Å². The highest BCUT2D eigenvalue weighted by Crippen LogP contribution is 2.10. The quantitative estimate of drug-likeness (QED) is 0.423. The van der Waals surface area contributed by atoms with Crippen molar-refractivity contribution in [2.75, 3.05) is 18.0 Å². The second-order valence-electron chi connectivity index (χ2n) is 3.17. The van der Waals surface area contributed by atoms with E-state index in [0.717, 1.165) is 17.8 Å². The van der Waals surface area contributed by atoms with Gasteiger partial charge in [-0.05, 0) is 6.92 Å². The molecule has 0 saturated heterocycles. The summed E-state index contributed by atoms with van der Waals surface area (Å²) in [4.78, 5) is 39.7. The first kappa shape index (κ1) is 14.0. The minimum Gasteiger partial charge on any atom is -0.383 e. The predicted molar refractivity (Wildman–Crippen MR) is 67.2 cm³/mol. The summed E-state index contributed by atoms with van der Waals surface area (Å²) in [6.45, 7) is 2.16. The fourth-order valence-electron chi connectivity index (χ4n) is 1.02. The number of thioether (sulfide) groups is 1. The van der Waals surface area contributed by atoms with Crippen molar-refractivity contribution in [3.05, 3.63) is 16.4 Å². The number of nitrogen functional groups attached to an aromatic ring is 1. The van der Waals surface area contributed by atoms with Crippen molar-refractivity contribution in [2.45, 2.75) is 12.1 Å². The van der Waals surface area contributed by atoms with E-state index >= 15 is 0 Å². The molecule has 1 aromatic rings. The lowest BCUT2D eigenvalue weighted by molar-refractivity contribution is -0.117. The summed E-state index contributed by atoms with van der Waals surface area (Å²) in [5.74, 6) is -0.467. The highest BCUT2D eigenvalue weighted by Gasteiger charge is 2.08. The van der Waals surface area contributed by atoms with Gasteiger partial charge in [-0.2, -0.15) is 0 Å². The molecule has 0 saturated carbocycles. The van der Waals surface area contributed by atoms with Crippen LogP contribution in [0.2, 0.25) is 0 Å². The van der Waals surface area contributed by atoms with E-state index < -0.39 is 17.5 Å². The van der Waals surface area contributed by atoms with E-state index in [1.165, 1.54) is 0 Å². The fourth-order valence-corrected chi connectivity index (χ4v) is 1.71. The molecule has 0 aliphatic rings. The number of hydrogen-bond acceptors (Lipinski definition) is 6. The van der Waals surface area contributed by atoms with Crippen LogP contribution in [0.1, 0.15) is 6.92 Å². The van der Waals surface area contributed by atoms with Crippen LogP contribution in [0, 0.1) is 0 Å². The van der Waals surface area contributed by atoms with E-state index in [0.29, 0.717) is 6.54 Å². The number of rotatable bonds is 4. The van der Waals surface area contributed by atoms with Gasteiger partial charge in [-0.15, -0.1) is 0 Å². The molecule has 1 rings (SSSR count). The molecule has 0 unspecified atom stereocenters. The van der Waals surface area contributed by atoms with Crippen LogP contribution >= 0.6 is 11.8 Å². The smallest absolute Gasteiger partial charge is 0.321 e. The third-order valence-electron chi connectivity index (χ3n) is 1.67. The van der Waals surface area contributed by atoms with Crippen LogP contribution in [0.5, 0.6) is 0 Å². The van der Waals surface area contributed by atoms with Gasteiger partial charge in [0.2, 0.25) is 5.91 Å². The summed E-state index contributed by atoms with van der Waals surface area (Å²) in [7, 11) is 0. The second kappa shape index (κ2) is 6.64. The van der Waals surface area contributed by atoms with Crippen molar-refractivity contribution < 1.29 is 9.59 Å². The molecule has 0 aromatic carbocycles. The number of amides is 3. The maximum Gasteiger partial charge on any atom is 0.321 e. The van der Waals surface area contributed by atoms with E-state index in [1.54, 1.807) is 6.92 Å². The number of aromatic amines is 1. The minimum atomic E-state index is -0.558. The Morgan fingerprint density at radius 3 is 2.89 bits per heavy atom. The van der Waals surface area contributed by atoms with Crippen LogP contribution in [-0.2, 0) is 4.79 Å². The number of imide groups is 1. The number of carbonyl (C=O) groups excluding carboxylic acids is 2. The highest BCUT2D eigenvalue weighted by atomic mass is 32.2. The molecule has 0 aliphatic heterocycles. The van der Waals surface area contributed by atoms with Gasteiger partial charge in [-0.25, -0.2) is 9.78 Å². The Morgan fingerprint density at radius 1 is 1.56 bits per heavy atom. The molecule has 1 aromatic heterocycles. The Labute approximate surface area is 107 Å². The molecule has 5 N–H and O–H groups in total. The fraction of sp³-hybridized carbons (Fsp3) is 0.333. The molecule has 0 atom stereocenters. The first-order chi connectivity index (χ1) is 8.51. The average molecular weight is 271 g/mol. The summed E-state index contributed by atoms with van der Waals surface area (Å²) in [6, 6.07) is 0.580. The lowest BCUT2D eigenvalue weighted by atomic mass is 10.6. The molecular weight excluding hydrogens is 258 g/mol. The number of nitrogens with two attached hydrogens (primary N) is 1. The zero-order chi connectivity index (χ0) is 13.5. The van der Waals surface area contributed by atoms with Crippen LogP contribution in [0.25, 0.3) is 0 Å². The van der Waals surface area contributed by atoms with Crippen molar-refractivity contribution in [3.63, 3.8) is 0 Å². The molecule has 0 spiro atoms. The van der Waals surface area contributed by atoms with Crippen molar-refractivity contribution in [1.82, 2.24) is 20.6 Å². The summed E-state index contributed by atoms with van der Waals surface area (Å²) in [5.41, 5.74) is 4.98. The van der Waals surface area contributed by atoms with Crippen molar-refractivity contribution in [1.29, 1.82) is 0 Å². The van der Waals surface area contributed by atoms with E-state index in [1.807, 2.05) is 0 Å². The molecule has 0 fully saturated rings. The Bertz CT molecular complexity index is 501. The summed E-state index contributed by atoms with van der Waals surface area (Å²) >= 11 is 0.978. The number of anilines is 1. The molecule has 1 heterocycles. The minimum absolute atomic E-state index is 0.0521. The predicted octanol–water partition coefficient (Wildman–Crippen LogP) is -0.710. The standard InChI is InChI=1S/C9H13N5O3S/c1-2-11-8(17)13-7(16)4-18-9-12-5(10)3-6(15)14-9/h3H,2,4H2,1H3,(H3,10,12,14,15)(H2,11,13,16,17). The molecule has 0 bridgehead atoms. The first-order valence-corrected chi connectivity index (χ1v) is 6.07. The molecule has 0 aliphatic carbocycles. The third-order valence-corrected chi connectivity index (χ3v) is 2.54. The zero-order valence-corrected chi connectivity index (χ0v) is 10.5. The Kier molecular flexibility index (Phi) is 5.18. The molecular formula is C9H13N5O3S. The van der Waals surface area contributed by atoms with E-state index in [2.05, 4.69) is 20.6 Å². The molecule has 18 heavy (non-hydrogen) atoms. The topological polar surface area (TPSA) is 130 Å². The van der Waals surface area contributed by atoms with Gasteiger partial charge < -0.3 is 16.0 Å². The monoisotopic (exact) mass is 271 g/mol. The number of aromatic nitrogens is 2. The largest absolute Gasteiger partial charge is 0.383 e. The van der Waals surface area contributed by atoms with Crippen molar-refractivity contribution in [3.8, 4) is 0 Å². The van der Waals surface area contributed by atoms with E-state index in [9.17, 15) is 14.4 Å². The van der Waals surface area contributed by atoms with Crippen LogP contribution in [0.4, 0.5) is 10.6 Å². The highest BCUT2D eigenvalue weighted by molar-refractivity contribution is 7.99. The van der Waals surface area contributed by atoms with Crippen LogP contribution < -0.4 is 21.9 Å². The zero-order valence-electron chi connectivity index (χ0n) is 9.65. The molecule has 3 amide bonds. The third kappa shape index (κ3) is 4.87. The number of urea groups is 1. The van der Waals surface area contributed by atoms with Gasteiger partial charge in [0.25, 0.3) is 5.56 Å². The van der Waals surface area contributed by atoms with Crippen molar-refractivity contribution in [2.24, 2.45) is 0 Å². The SMILES string of the molecule is CCNC(=O)NC(=O)CSc1nc(N)cc(=O)[nH]1. The molecule has 98 valence electrons. The van der Waals surface area contributed by atoms with E-state index in [4.69, 9.17) is 5.73 Å². The van der Waals surface area contributed by atoms with E-state index in [-0.39, 0.29) is 16.7 Å². The van der Waals surface area contributed by atoms with Crippen LogP contribution in [0.15, 0.2) is 16.0 Å². The Hall–Kier alpha value is -2.03. The molecule has 8 nitrogen and oxygen atoms in total. The Balaban J connectivity index is 2.47. The normalized spacial score (nSPS) is 9.83. The van der Waals surface area contributed by atoms with Gasteiger partial charge in [0, 0.05) is 12.6 Å². The summed E-state index contributed by atoms with van der Waals surface area (Å²) in [5, 5.41) is 4.77. The van der Waals surface area contributed by atoms with Crippen molar-refractivity contribution >= 4 is 29.5 Å². The van der Waals surface area contributed by atoms with Gasteiger partial charge in [-0.3, -0.25) is 14.9 Å². The van der Waals surface area contributed by atoms with Crippen LogP contribution in [-0.4, -0.2) is 34.2 Å². The number of carbonyl (C=O) groups is 2. The Morgan fingerprint density at radius 2 is 2.28 bits per heavy atom. The first-order valence-electron chi connectivity index (χ1n) is 5.08.